The SMILES string of the molecule is C1=C/CNc2cccc(c2)Nc2nccc(n2)-c2cccc(c2)OCC/1.CCN(CC)CCOc1ccc2cc1CN(C)C/C=C/CCOc1cccc(c1)-c1ccnc(n1)N2.CN1C/C=C/CCOc2cccc(c2)-c2cc(N3CCCC3)nc(n2)Nc2cccc(c2)C1.O=C(N1C/C=C/CCOc2cccc(c2)-c2ccnc(n2)Nc2cccc(c2)C1)C(F)(F)F. The number of carbonyl (C=O) groups excluding carboxylic acids is 1. The molecule has 4 aromatic heterocycles. The molecule has 9 heterocycles. The molecule has 0 atom stereocenters. The molecule has 0 spiro atoms. The number of likely N-dealkylation sites (N-methyl/N-ethyl adjacent to an activating group) is 3. The Kier molecular flexibility index (Phi) is 32.6. The maximum absolute atomic E-state index is 13.1. The fourth-order valence-corrected chi connectivity index (χ4v) is 14.7. The van der Waals surface area contributed by atoms with Crippen molar-refractivity contribution in [2.24, 2.45) is 0 Å². The molecule has 1 fully saturated rings. The molecule has 1 amide bonds. The van der Waals surface area contributed by atoms with Gasteiger partial charge in [0.1, 0.15) is 41.2 Å². The van der Waals surface area contributed by atoms with Crippen LogP contribution in [0.3, 0.4) is 0 Å². The van der Waals surface area contributed by atoms with Crippen molar-refractivity contribution in [1.82, 2.24) is 59.5 Å². The van der Waals surface area contributed by atoms with E-state index in [4.69, 9.17) is 38.6 Å². The van der Waals surface area contributed by atoms with Crippen LogP contribution >= 0.6 is 0 Å². The number of benzene rings is 8. The Morgan fingerprint density at radius 3 is 1.37 bits per heavy atom. The number of nitrogens with zero attached hydrogens (tertiary/aromatic N) is 13. The molecule has 0 radical (unpaired) electrons. The smallest absolute Gasteiger partial charge is 0.471 e. The van der Waals surface area contributed by atoms with E-state index in [1.54, 1.807) is 61.1 Å². The molecule has 5 N–H and O–H groups in total. The van der Waals surface area contributed by atoms with Crippen LogP contribution in [0.1, 0.15) is 69.1 Å². The molecule has 12 aromatic rings. The Morgan fingerprint density at radius 2 is 0.859 bits per heavy atom. The van der Waals surface area contributed by atoms with E-state index < -0.39 is 12.1 Å². The normalized spacial score (nSPS) is 16.0. The van der Waals surface area contributed by atoms with Gasteiger partial charge in [-0.3, -0.25) is 14.6 Å². The zero-order valence-electron chi connectivity index (χ0n) is 72.7. The number of halogens is 3. The van der Waals surface area contributed by atoms with Crippen molar-refractivity contribution >= 4 is 64.0 Å². The molecule has 0 aliphatic carbocycles. The maximum atomic E-state index is 13.1. The summed E-state index contributed by atoms with van der Waals surface area (Å²) in [5, 5.41) is 16.6. The molecule has 17 rings (SSSR count). The van der Waals surface area contributed by atoms with E-state index in [0.29, 0.717) is 85.9 Å². The molecule has 5 aliphatic heterocycles. The highest BCUT2D eigenvalue weighted by molar-refractivity contribution is 5.82. The standard InChI is InChI=1S/C29H37N5O2.C27H31N5O.C24H21F3N4O2.C21H20N4O/c1-4-34(5-2)17-19-36-28-13-12-25-20-24(28)22-33(3)16-7-6-8-18-35-26-11-9-10-23(21-26)27-14-15-30-29(31-25)32-27;1-31-13-3-2-6-16-33-24-12-8-10-22(18-24)25-19-26(32-14-4-5-15-32)30-27(29-25)28-23-11-7-9-21(17-23)20-31;25-24(26,27)22(32)31-12-2-1-3-13-33-20-9-5-7-18(15-20)21-10-11-28-23(30-21)29-19-8-4-6-17(14-19)16-31;1-2-11-22-17-7-5-8-18(15-17)24-21-23-12-10-20(25-21)16-6-4-9-19(14-16)26-13-3-1/h6-7,9-15,20-21H,4-5,8,16-19,22H2,1-3H3,(H,30,31,32);2-3,7-12,17-19H,4-6,13-16,20H2,1H3,(H,28,29,30);1-2,4-11,14-15H,3,12-13,16H2,(H,28,29,30);1-2,4-10,12,14-15,22H,3,11,13H2,(H,23,24,25)/b7-6+;3-2+;2*2-1+. The lowest BCUT2D eigenvalue weighted by Gasteiger charge is -2.23. The highest BCUT2D eigenvalue weighted by Crippen LogP contribution is 2.34. The predicted octanol–water partition coefficient (Wildman–Crippen LogP) is 20.4. The first-order valence-electron chi connectivity index (χ1n) is 43.6. The summed E-state index contributed by atoms with van der Waals surface area (Å²) in [7, 11) is 4.26. The van der Waals surface area contributed by atoms with E-state index in [1.807, 2.05) is 133 Å². The Balaban J connectivity index is 0.000000139. The van der Waals surface area contributed by atoms with E-state index in [2.05, 4.69) is 184 Å². The molecule has 1 saturated heterocycles. The van der Waals surface area contributed by atoms with Crippen molar-refractivity contribution in [3.05, 3.63) is 296 Å². The fourth-order valence-electron chi connectivity index (χ4n) is 14.7. The Morgan fingerprint density at radius 1 is 0.430 bits per heavy atom. The summed E-state index contributed by atoms with van der Waals surface area (Å²) < 4.78 is 69.2. The molecule has 27 heteroatoms. The van der Waals surface area contributed by atoms with E-state index in [9.17, 15) is 18.0 Å². The van der Waals surface area contributed by atoms with Crippen molar-refractivity contribution in [3.63, 3.8) is 0 Å². The molecule has 0 unspecified atom stereocenters. The number of ether oxygens (including phenoxy) is 5. The minimum absolute atomic E-state index is 0.170. The minimum atomic E-state index is -4.96. The number of amides is 1. The van der Waals surface area contributed by atoms with Gasteiger partial charge >= 0.3 is 12.1 Å². The van der Waals surface area contributed by atoms with Gasteiger partial charge in [-0.25, -0.2) is 34.9 Å². The second-order valence-corrected chi connectivity index (χ2v) is 31.1. The number of fused-ring (bicyclic) bond motifs is 28. The number of anilines is 10. The summed E-state index contributed by atoms with van der Waals surface area (Å²) in [6.07, 6.45) is 22.0. The Labute approximate surface area is 746 Å². The van der Waals surface area contributed by atoms with Gasteiger partial charge in [0.25, 0.3) is 0 Å². The number of nitrogens with one attached hydrogen (secondary N) is 5. The highest BCUT2D eigenvalue weighted by atomic mass is 19.4. The molecular weight excluding hydrogens is 1620 g/mol. The summed E-state index contributed by atoms with van der Waals surface area (Å²) in [5.41, 5.74) is 14.6. The van der Waals surface area contributed by atoms with Crippen molar-refractivity contribution in [1.29, 1.82) is 0 Å². The summed E-state index contributed by atoms with van der Waals surface area (Å²) >= 11 is 0. The van der Waals surface area contributed by atoms with Crippen LogP contribution in [-0.2, 0) is 24.4 Å². The van der Waals surface area contributed by atoms with E-state index in [0.717, 1.165) is 186 Å². The first kappa shape index (κ1) is 90.2. The van der Waals surface area contributed by atoms with Gasteiger partial charge in [-0.05, 0) is 204 Å². The summed E-state index contributed by atoms with van der Waals surface area (Å²) in [6.45, 7) is 16.1. The van der Waals surface area contributed by atoms with Crippen LogP contribution in [0.25, 0.3) is 45.0 Å². The van der Waals surface area contributed by atoms with Crippen LogP contribution in [0.5, 0.6) is 28.7 Å². The van der Waals surface area contributed by atoms with Crippen LogP contribution in [0.15, 0.2) is 280 Å². The van der Waals surface area contributed by atoms with Crippen molar-refractivity contribution in [2.45, 2.75) is 78.2 Å². The number of alkyl halides is 3. The summed E-state index contributed by atoms with van der Waals surface area (Å²) in [5.74, 6) is 5.28. The van der Waals surface area contributed by atoms with Gasteiger partial charge in [0.05, 0.1) is 49.2 Å². The van der Waals surface area contributed by atoms with Gasteiger partial charge in [0.15, 0.2) is 0 Å². The van der Waals surface area contributed by atoms with Crippen molar-refractivity contribution < 1.29 is 41.7 Å². The third-order valence-electron chi connectivity index (χ3n) is 21.2. The predicted molar refractivity (Wildman–Crippen MR) is 503 cm³/mol. The number of aromatic nitrogens is 8. The largest absolute Gasteiger partial charge is 0.493 e. The van der Waals surface area contributed by atoms with Gasteiger partial charge < -0.3 is 65.0 Å². The van der Waals surface area contributed by atoms with Crippen molar-refractivity contribution in [2.75, 3.05) is 138 Å². The van der Waals surface area contributed by atoms with Gasteiger partial charge in [-0.15, -0.1) is 0 Å². The number of carbonyl (C=O) groups is 1. The average molecular weight is 1730 g/mol. The zero-order valence-corrected chi connectivity index (χ0v) is 72.7. The second-order valence-electron chi connectivity index (χ2n) is 31.1. The molecule has 5 aliphatic rings. The number of hydrogen-bond donors (Lipinski definition) is 5. The first-order chi connectivity index (χ1) is 62.6. The number of hydrogen-bond acceptors (Lipinski definition) is 23. The third-order valence-corrected chi connectivity index (χ3v) is 21.2. The molecular formula is C101H109F3N18O6. The quantitative estimate of drug-likeness (QED) is 0.0931. The second kappa shape index (κ2) is 46.3. The van der Waals surface area contributed by atoms with Gasteiger partial charge in [0.2, 0.25) is 23.8 Å². The van der Waals surface area contributed by atoms with Crippen LogP contribution < -0.4 is 55.2 Å². The monoisotopic (exact) mass is 1730 g/mol. The molecule has 660 valence electrons. The van der Waals surface area contributed by atoms with Gasteiger partial charge in [-0.2, -0.15) is 18.2 Å². The molecule has 24 bridgehead atoms. The first-order valence-corrected chi connectivity index (χ1v) is 43.6. The topological polar surface area (TPSA) is 243 Å². The van der Waals surface area contributed by atoms with Crippen LogP contribution in [0.2, 0.25) is 0 Å². The number of rotatable bonds is 7. The van der Waals surface area contributed by atoms with Crippen LogP contribution in [0.4, 0.5) is 71.2 Å². The molecule has 8 aromatic carbocycles. The minimum Gasteiger partial charge on any atom is -0.493 e. The molecule has 128 heavy (non-hydrogen) atoms. The zero-order chi connectivity index (χ0) is 88.5. The van der Waals surface area contributed by atoms with Gasteiger partial charge in [-0.1, -0.05) is 141 Å². The molecule has 0 saturated carbocycles. The molecule has 24 nitrogen and oxygen atoms in total. The fraction of sp³-hybridized carbons (Fsp3) is 0.277. The highest BCUT2D eigenvalue weighted by Gasteiger charge is 2.42. The third kappa shape index (κ3) is 27.7. The summed E-state index contributed by atoms with van der Waals surface area (Å²) in [4.78, 5) is 58.7. The summed E-state index contributed by atoms with van der Waals surface area (Å²) in [6, 6.07) is 69.0. The van der Waals surface area contributed by atoms with E-state index >= 15 is 0 Å². The van der Waals surface area contributed by atoms with Gasteiger partial charge in [0, 0.05) is 146 Å². The lowest BCUT2D eigenvalue weighted by Crippen LogP contribution is -2.40. The lowest BCUT2D eigenvalue weighted by molar-refractivity contribution is -0.185. The van der Waals surface area contributed by atoms with E-state index in [-0.39, 0.29) is 13.1 Å². The van der Waals surface area contributed by atoms with E-state index in [1.165, 1.54) is 18.4 Å². The Hall–Kier alpha value is -14.0. The van der Waals surface area contributed by atoms with Crippen LogP contribution in [0, 0.1) is 0 Å². The maximum Gasteiger partial charge on any atom is 0.471 e. The Bertz CT molecular complexity index is 5750. The van der Waals surface area contributed by atoms with Crippen LogP contribution in [-0.4, -0.2) is 178 Å². The lowest BCUT2D eigenvalue weighted by atomic mass is 10.1. The van der Waals surface area contributed by atoms with Crippen molar-refractivity contribution in [3.8, 4) is 73.8 Å². The average Bonchev–Trinajstić information content (AvgIpc) is 1.19.